The molecule has 0 spiro atoms. The van der Waals surface area contributed by atoms with Crippen LogP contribution in [0.2, 0.25) is 0 Å². The number of hydrogen-bond donors (Lipinski definition) is 3. The fraction of sp³-hybridized carbons (Fsp3) is 0.350. The second kappa shape index (κ2) is 8.78. The van der Waals surface area contributed by atoms with Crippen LogP contribution in [-0.4, -0.2) is 49.5 Å². The molecule has 0 aromatic heterocycles. The lowest BCUT2D eigenvalue weighted by molar-refractivity contribution is -0.147. The lowest BCUT2D eigenvalue weighted by Crippen LogP contribution is -2.32. The number of aliphatic carboxylic acids is 1. The number of hydrogen-bond acceptors (Lipinski definition) is 8. The van der Waals surface area contributed by atoms with Crippen molar-refractivity contribution in [2.24, 2.45) is 0 Å². The molecule has 0 fully saturated rings. The molecule has 156 valence electrons. The highest BCUT2D eigenvalue weighted by Gasteiger charge is 2.39. The van der Waals surface area contributed by atoms with Crippen LogP contribution in [0.1, 0.15) is 37.0 Å². The Kier molecular flexibility index (Phi) is 6.65. The monoisotopic (exact) mass is 405 g/mol. The first-order valence-corrected chi connectivity index (χ1v) is 8.61. The highest BCUT2D eigenvalue weighted by Crippen LogP contribution is 2.43. The summed E-state index contributed by atoms with van der Waals surface area (Å²) in [6, 6.07) is 4.25. The van der Waals surface area contributed by atoms with E-state index in [1.165, 1.54) is 39.5 Å². The van der Waals surface area contributed by atoms with Crippen LogP contribution in [0, 0.1) is 0 Å². The van der Waals surface area contributed by atoms with E-state index in [2.05, 4.69) is 5.32 Å². The Bertz CT molecular complexity index is 877. The lowest BCUT2D eigenvalue weighted by Gasteiger charge is -2.31. The summed E-state index contributed by atoms with van der Waals surface area (Å²) in [5.41, 5.74) is 1.85. The van der Waals surface area contributed by atoms with Gasteiger partial charge in [0.1, 0.15) is 5.75 Å². The van der Waals surface area contributed by atoms with E-state index < -0.39 is 29.9 Å². The van der Waals surface area contributed by atoms with Crippen LogP contribution in [0.15, 0.2) is 40.7 Å². The number of ether oxygens (including phenoxy) is 3. The van der Waals surface area contributed by atoms with E-state index in [1.807, 2.05) is 0 Å². The largest absolute Gasteiger partial charge is 0.496 e. The number of dihydropyridines is 1. The summed E-state index contributed by atoms with van der Waals surface area (Å²) in [5.74, 6) is -3.41. The van der Waals surface area contributed by atoms with Gasteiger partial charge in [-0.2, -0.15) is 0 Å². The first-order valence-electron chi connectivity index (χ1n) is 8.61. The predicted molar refractivity (Wildman–Crippen MR) is 101 cm³/mol. The summed E-state index contributed by atoms with van der Waals surface area (Å²) in [6.45, 7) is 3.34. The lowest BCUT2D eigenvalue weighted by atomic mass is 9.79. The Hall–Kier alpha value is -3.33. The Labute approximate surface area is 167 Å². The van der Waals surface area contributed by atoms with Gasteiger partial charge in [0, 0.05) is 17.0 Å². The van der Waals surface area contributed by atoms with Gasteiger partial charge in [-0.1, -0.05) is 12.1 Å². The van der Waals surface area contributed by atoms with Crippen LogP contribution in [0.4, 0.5) is 0 Å². The summed E-state index contributed by atoms with van der Waals surface area (Å²) in [7, 11) is 3.82. The van der Waals surface area contributed by atoms with Crippen molar-refractivity contribution in [3.63, 3.8) is 0 Å². The summed E-state index contributed by atoms with van der Waals surface area (Å²) in [4.78, 5) is 36.2. The smallest absolute Gasteiger partial charge is 0.337 e. The van der Waals surface area contributed by atoms with E-state index in [1.54, 1.807) is 13.8 Å². The minimum atomic E-state index is -1.75. The topological polar surface area (TPSA) is 131 Å². The average Bonchev–Trinajstić information content (AvgIpc) is 2.70. The summed E-state index contributed by atoms with van der Waals surface area (Å²) in [5, 5.41) is 21.9. The molecular weight excluding hydrogens is 382 g/mol. The van der Waals surface area contributed by atoms with Crippen LogP contribution in [-0.2, 0) is 23.9 Å². The van der Waals surface area contributed by atoms with Crippen LogP contribution in [0.25, 0.3) is 0 Å². The third-order valence-corrected chi connectivity index (χ3v) is 4.69. The maximum atomic E-state index is 12.5. The van der Waals surface area contributed by atoms with Gasteiger partial charge in [-0.3, -0.25) is 0 Å². The highest BCUT2D eigenvalue weighted by molar-refractivity contribution is 6.00. The van der Waals surface area contributed by atoms with Gasteiger partial charge in [0.2, 0.25) is 0 Å². The zero-order chi connectivity index (χ0) is 21.9. The van der Waals surface area contributed by atoms with Gasteiger partial charge < -0.3 is 29.7 Å². The molecule has 9 heteroatoms. The molecule has 9 nitrogen and oxygen atoms in total. The number of esters is 2. The normalized spacial score (nSPS) is 15.5. The van der Waals surface area contributed by atoms with Crippen molar-refractivity contribution >= 4 is 17.9 Å². The van der Waals surface area contributed by atoms with Gasteiger partial charge in [0.25, 0.3) is 0 Å². The van der Waals surface area contributed by atoms with Crippen LogP contribution >= 0.6 is 0 Å². The molecule has 1 atom stereocenters. The molecule has 0 aliphatic carbocycles. The fourth-order valence-corrected chi connectivity index (χ4v) is 3.34. The molecule has 1 unspecified atom stereocenters. The maximum Gasteiger partial charge on any atom is 0.337 e. The summed E-state index contributed by atoms with van der Waals surface area (Å²) < 4.78 is 15.2. The van der Waals surface area contributed by atoms with E-state index in [-0.39, 0.29) is 22.5 Å². The van der Waals surface area contributed by atoms with Gasteiger partial charge in [-0.25, -0.2) is 14.4 Å². The fourth-order valence-electron chi connectivity index (χ4n) is 3.34. The number of carboxylic acid groups (broad SMARTS) is 1. The Morgan fingerprint density at radius 1 is 1.00 bits per heavy atom. The average molecular weight is 405 g/mol. The van der Waals surface area contributed by atoms with Crippen LogP contribution in [0.3, 0.4) is 0 Å². The van der Waals surface area contributed by atoms with Gasteiger partial charge in [-0.05, 0) is 25.5 Å². The predicted octanol–water partition coefficient (Wildman–Crippen LogP) is 1.39. The number of carbonyl (C=O) groups is 3. The number of carbonyl (C=O) groups excluding carboxylic acids is 2. The van der Waals surface area contributed by atoms with Gasteiger partial charge in [0.05, 0.1) is 38.4 Å². The standard InChI is InChI=1S/C20H23NO8/c1-9-14(19(25)28-4)16(15(10(2)21-9)20(26)29-5)12-7-6-11(8-13(12)27-3)17(22)18(23)24/h6-8,16-17,21-22H,1-5H3,(H,23,24). The van der Waals surface area contributed by atoms with Crippen molar-refractivity contribution in [2.75, 3.05) is 21.3 Å². The van der Waals surface area contributed by atoms with Gasteiger partial charge in [-0.15, -0.1) is 0 Å². The summed E-state index contributed by atoms with van der Waals surface area (Å²) >= 11 is 0. The van der Waals surface area contributed by atoms with E-state index in [0.717, 1.165) is 0 Å². The molecule has 1 heterocycles. The molecule has 3 N–H and O–H groups in total. The van der Waals surface area contributed by atoms with E-state index >= 15 is 0 Å². The Morgan fingerprint density at radius 3 is 1.93 bits per heavy atom. The van der Waals surface area contributed by atoms with Crippen molar-refractivity contribution in [3.8, 4) is 5.75 Å². The number of carboxylic acids is 1. The third-order valence-electron chi connectivity index (χ3n) is 4.69. The molecule has 0 amide bonds. The number of benzene rings is 1. The molecule has 1 aromatic carbocycles. The van der Waals surface area contributed by atoms with Crippen molar-refractivity contribution in [1.82, 2.24) is 5.32 Å². The van der Waals surface area contributed by atoms with Gasteiger partial charge in [0.15, 0.2) is 6.10 Å². The molecular formula is C20H23NO8. The zero-order valence-corrected chi connectivity index (χ0v) is 16.7. The van der Waals surface area contributed by atoms with Crippen molar-refractivity contribution in [1.29, 1.82) is 0 Å². The van der Waals surface area contributed by atoms with E-state index in [9.17, 15) is 19.5 Å². The third kappa shape index (κ3) is 4.09. The quantitative estimate of drug-likeness (QED) is 0.601. The molecule has 0 saturated heterocycles. The molecule has 1 aromatic rings. The Morgan fingerprint density at radius 2 is 1.52 bits per heavy atom. The van der Waals surface area contributed by atoms with E-state index in [0.29, 0.717) is 17.0 Å². The zero-order valence-electron chi connectivity index (χ0n) is 16.7. The van der Waals surface area contributed by atoms with Crippen molar-refractivity contribution < 1.29 is 38.8 Å². The number of allylic oxidation sites excluding steroid dienone is 2. The second-order valence-electron chi connectivity index (χ2n) is 6.36. The van der Waals surface area contributed by atoms with Crippen molar-refractivity contribution in [3.05, 3.63) is 51.9 Å². The minimum absolute atomic E-state index is 0.0904. The first-order chi connectivity index (χ1) is 13.7. The molecule has 2 rings (SSSR count). The number of aliphatic hydroxyl groups excluding tert-OH is 1. The highest BCUT2D eigenvalue weighted by atomic mass is 16.5. The number of aliphatic hydroxyl groups is 1. The van der Waals surface area contributed by atoms with Crippen molar-refractivity contribution in [2.45, 2.75) is 25.9 Å². The molecule has 29 heavy (non-hydrogen) atoms. The molecule has 0 radical (unpaired) electrons. The van der Waals surface area contributed by atoms with Crippen LogP contribution < -0.4 is 10.1 Å². The second-order valence-corrected chi connectivity index (χ2v) is 6.36. The number of methoxy groups -OCH3 is 3. The van der Waals surface area contributed by atoms with Crippen LogP contribution in [0.5, 0.6) is 5.75 Å². The minimum Gasteiger partial charge on any atom is -0.496 e. The Balaban J connectivity index is 2.76. The molecule has 1 aliphatic rings. The summed E-state index contributed by atoms with van der Waals surface area (Å²) in [6.07, 6.45) is -1.75. The molecule has 0 bridgehead atoms. The number of nitrogens with one attached hydrogen (secondary N) is 1. The van der Waals surface area contributed by atoms with Gasteiger partial charge >= 0.3 is 17.9 Å². The first kappa shape index (κ1) is 22.0. The maximum absolute atomic E-state index is 12.5. The molecule has 0 saturated carbocycles. The molecule has 1 aliphatic heterocycles. The SMILES string of the molecule is COC(=O)C1=C(C)NC(C)=C(C(=O)OC)C1c1ccc(C(O)C(=O)O)cc1OC. The van der Waals surface area contributed by atoms with E-state index in [4.69, 9.17) is 19.3 Å². The number of rotatable bonds is 6.